The van der Waals surface area contributed by atoms with E-state index in [0.29, 0.717) is 31.1 Å². The van der Waals surface area contributed by atoms with Crippen molar-refractivity contribution in [3.63, 3.8) is 0 Å². The topological polar surface area (TPSA) is 67.9 Å². The number of halogens is 2. The summed E-state index contributed by atoms with van der Waals surface area (Å²) < 4.78 is 38.8. The van der Waals surface area contributed by atoms with E-state index in [9.17, 15) is 8.42 Å². The van der Waals surface area contributed by atoms with Crippen molar-refractivity contribution in [2.75, 3.05) is 33.9 Å². The van der Waals surface area contributed by atoms with E-state index < -0.39 is 16.1 Å². The number of para-hydroxylation sites is 1. The third-order valence-corrected chi connectivity index (χ3v) is 6.81. The molecule has 0 saturated carbocycles. The zero-order valence-electron chi connectivity index (χ0n) is 15.0. The van der Waals surface area contributed by atoms with Gasteiger partial charge in [-0.25, -0.2) is 8.42 Å². The van der Waals surface area contributed by atoms with Crippen molar-refractivity contribution in [3.8, 4) is 11.5 Å². The Kier molecular flexibility index (Phi) is 7.36. The van der Waals surface area contributed by atoms with Gasteiger partial charge in [0, 0.05) is 31.3 Å². The van der Waals surface area contributed by atoms with Gasteiger partial charge in [-0.15, -0.1) is 12.4 Å². The van der Waals surface area contributed by atoms with Crippen molar-refractivity contribution in [1.29, 1.82) is 0 Å². The quantitative estimate of drug-likeness (QED) is 0.785. The van der Waals surface area contributed by atoms with Crippen LogP contribution in [0, 0.1) is 0 Å². The first-order chi connectivity index (χ1) is 12.5. The smallest absolute Gasteiger partial charge is 0.245 e. The summed E-state index contributed by atoms with van der Waals surface area (Å²) in [6, 6.07) is 11.7. The minimum absolute atomic E-state index is 0. The molecule has 27 heavy (non-hydrogen) atoms. The molecule has 0 amide bonds. The fourth-order valence-corrected chi connectivity index (χ4v) is 5.21. The molecule has 0 radical (unpaired) electrons. The van der Waals surface area contributed by atoms with E-state index in [0.717, 1.165) is 5.56 Å². The number of methoxy groups -OCH3 is 2. The number of sulfonamides is 1. The lowest BCUT2D eigenvalue weighted by molar-refractivity contribution is 0.264. The number of hydrogen-bond donors (Lipinski definition) is 1. The highest BCUT2D eigenvalue weighted by Crippen LogP contribution is 2.36. The van der Waals surface area contributed by atoms with Crippen LogP contribution in [0.4, 0.5) is 0 Å². The molecule has 1 aliphatic heterocycles. The number of nitrogens with one attached hydrogen (secondary N) is 1. The van der Waals surface area contributed by atoms with Crippen molar-refractivity contribution in [3.05, 3.63) is 53.1 Å². The lowest BCUT2D eigenvalue weighted by Gasteiger charge is -2.36. The predicted octanol–water partition coefficient (Wildman–Crippen LogP) is 3.11. The molecule has 1 aliphatic rings. The minimum Gasteiger partial charge on any atom is -0.497 e. The molecular formula is C18H22Cl2N2O4S. The zero-order valence-corrected chi connectivity index (χ0v) is 17.4. The van der Waals surface area contributed by atoms with Crippen LogP contribution in [-0.4, -0.2) is 46.6 Å². The summed E-state index contributed by atoms with van der Waals surface area (Å²) in [5.74, 6) is 1.09. The number of rotatable bonds is 5. The van der Waals surface area contributed by atoms with Crippen molar-refractivity contribution in [1.82, 2.24) is 9.62 Å². The summed E-state index contributed by atoms with van der Waals surface area (Å²) >= 11 is 6.21. The molecule has 0 aliphatic carbocycles. The van der Waals surface area contributed by atoms with Crippen LogP contribution in [0.5, 0.6) is 11.5 Å². The summed E-state index contributed by atoms with van der Waals surface area (Å²) in [4.78, 5) is 0.0420. The molecule has 0 aromatic heterocycles. The van der Waals surface area contributed by atoms with Crippen molar-refractivity contribution in [2.45, 2.75) is 10.9 Å². The van der Waals surface area contributed by atoms with Crippen LogP contribution in [0.2, 0.25) is 5.02 Å². The van der Waals surface area contributed by atoms with Gasteiger partial charge in [-0.1, -0.05) is 29.8 Å². The van der Waals surface area contributed by atoms with Crippen LogP contribution < -0.4 is 14.8 Å². The molecule has 1 heterocycles. The second-order valence-electron chi connectivity index (χ2n) is 5.87. The first-order valence-corrected chi connectivity index (χ1v) is 10.00. The van der Waals surface area contributed by atoms with Gasteiger partial charge in [0.05, 0.1) is 25.3 Å². The van der Waals surface area contributed by atoms with Gasteiger partial charge in [-0.05, 0) is 18.2 Å². The largest absolute Gasteiger partial charge is 0.497 e. The summed E-state index contributed by atoms with van der Waals surface area (Å²) in [7, 11) is -0.757. The van der Waals surface area contributed by atoms with Gasteiger partial charge in [0.15, 0.2) is 0 Å². The van der Waals surface area contributed by atoms with Gasteiger partial charge in [-0.3, -0.25) is 0 Å². The van der Waals surface area contributed by atoms with Gasteiger partial charge in [0.1, 0.15) is 16.4 Å². The van der Waals surface area contributed by atoms with Gasteiger partial charge >= 0.3 is 0 Å². The Morgan fingerprint density at radius 3 is 2.59 bits per heavy atom. The van der Waals surface area contributed by atoms with Crippen molar-refractivity contribution >= 4 is 34.0 Å². The molecule has 3 rings (SSSR count). The Morgan fingerprint density at radius 2 is 1.89 bits per heavy atom. The van der Waals surface area contributed by atoms with Gasteiger partial charge in [-0.2, -0.15) is 4.31 Å². The highest BCUT2D eigenvalue weighted by Gasteiger charge is 2.37. The molecule has 2 aromatic carbocycles. The molecule has 1 fully saturated rings. The molecule has 9 heteroatoms. The van der Waals surface area contributed by atoms with Gasteiger partial charge in [0.2, 0.25) is 10.0 Å². The van der Waals surface area contributed by atoms with E-state index in [1.54, 1.807) is 13.2 Å². The van der Waals surface area contributed by atoms with Crippen molar-refractivity contribution < 1.29 is 17.9 Å². The maximum atomic E-state index is 13.4. The summed E-state index contributed by atoms with van der Waals surface area (Å²) in [6.07, 6.45) is 0. The van der Waals surface area contributed by atoms with Crippen LogP contribution >= 0.6 is 24.0 Å². The molecule has 1 saturated heterocycles. The number of piperazine rings is 1. The number of ether oxygens (including phenoxy) is 2. The van der Waals surface area contributed by atoms with Crippen LogP contribution in [-0.2, 0) is 10.0 Å². The standard InChI is InChI=1S/C18H21ClN2O4S.ClH/c1-24-13-7-8-15(19)18(11-13)26(22,23)21-10-9-20-12-16(21)14-5-3-4-6-17(14)25-2;/h3-8,11,16,20H,9-10,12H2,1-2H3;1H. The second kappa shape index (κ2) is 9.12. The highest BCUT2D eigenvalue weighted by molar-refractivity contribution is 7.89. The van der Waals surface area contributed by atoms with E-state index in [1.807, 2.05) is 24.3 Å². The molecule has 2 aromatic rings. The normalized spacial score (nSPS) is 17.8. The van der Waals surface area contributed by atoms with E-state index in [4.69, 9.17) is 21.1 Å². The molecule has 1 atom stereocenters. The fourth-order valence-electron chi connectivity index (χ4n) is 3.11. The molecule has 0 bridgehead atoms. The van der Waals surface area contributed by atoms with Gasteiger partial charge in [0.25, 0.3) is 0 Å². The maximum Gasteiger partial charge on any atom is 0.245 e. The molecule has 148 valence electrons. The molecular weight excluding hydrogens is 411 g/mol. The Morgan fingerprint density at radius 1 is 1.15 bits per heavy atom. The van der Waals surface area contributed by atoms with Crippen molar-refractivity contribution in [2.24, 2.45) is 0 Å². The lowest BCUT2D eigenvalue weighted by atomic mass is 10.0. The first kappa shape index (κ1) is 21.8. The Balaban J connectivity index is 0.00000261. The summed E-state index contributed by atoms with van der Waals surface area (Å²) in [6.45, 7) is 1.38. The summed E-state index contributed by atoms with van der Waals surface area (Å²) in [5.41, 5.74) is 0.810. The second-order valence-corrected chi connectivity index (χ2v) is 8.14. The Bertz CT molecular complexity index is 893. The van der Waals surface area contributed by atoms with Crippen LogP contribution in [0.25, 0.3) is 0 Å². The Labute approximate surface area is 170 Å². The van der Waals surface area contributed by atoms with Crippen LogP contribution in [0.3, 0.4) is 0 Å². The summed E-state index contributed by atoms with van der Waals surface area (Å²) in [5, 5.41) is 3.43. The average molecular weight is 433 g/mol. The average Bonchev–Trinajstić information content (AvgIpc) is 2.68. The van der Waals surface area contributed by atoms with E-state index >= 15 is 0 Å². The van der Waals surface area contributed by atoms with Gasteiger partial charge < -0.3 is 14.8 Å². The first-order valence-electron chi connectivity index (χ1n) is 8.18. The van der Waals surface area contributed by atoms with Crippen LogP contribution in [0.1, 0.15) is 11.6 Å². The number of nitrogens with zero attached hydrogens (tertiary/aromatic N) is 1. The molecule has 6 nitrogen and oxygen atoms in total. The van der Waals surface area contributed by atoms with Crippen LogP contribution in [0.15, 0.2) is 47.4 Å². The monoisotopic (exact) mass is 432 g/mol. The number of benzene rings is 2. The molecule has 1 N–H and O–H groups in total. The Hall–Kier alpha value is -1.51. The SMILES string of the molecule is COc1ccc(Cl)c(S(=O)(=O)N2CCNCC2c2ccccc2OC)c1.Cl. The zero-order chi connectivity index (χ0) is 18.7. The lowest BCUT2D eigenvalue weighted by Crippen LogP contribution is -2.48. The maximum absolute atomic E-state index is 13.4. The third kappa shape index (κ3) is 4.33. The van der Waals surface area contributed by atoms with E-state index in [2.05, 4.69) is 5.32 Å². The minimum atomic E-state index is -3.82. The highest BCUT2D eigenvalue weighted by atomic mass is 35.5. The predicted molar refractivity (Wildman–Crippen MR) is 108 cm³/mol. The van der Waals surface area contributed by atoms with E-state index in [1.165, 1.54) is 23.5 Å². The third-order valence-electron chi connectivity index (χ3n) is 4.42. The molecule has 1 unspecified atom stereocenters. The molecule has 0 spiro atoms. The number of hydrogen-bond acceptors (Lipinski definition) is 5. The van der Waals surface area contributed by atoms with E-state index in [-0.39, 0.29) is 22.3 Å². The fraction of sp³-hybridized carbons (Fsp3) is 0.333.